The lowest BCUT2D eigenvalue weighted by molar-refractivity contribution is -0.127. The maximum absolute atomic E-state index is 12.0. The van der Waals surface area contributed by atoms with E-state index in [2.05, 4.69) is 0 Å². The van der Waals surface area contributed by atoms with Crippen molar-refractivity contribution in [2.45, 2.75) is 12.0 Å². The average molecular weight is 293 g/mol. The number of hydrogen-bond acceptors (Lipinski definition) is 4. The SMILES string of the molecule is NC(=O)CSCC(=O)N1C[C@@H](N)[C@H](c2ccccc2)C1. The molecule has 1 heterocycles. The molecule has 2 atom stereocenters. The Balaban J connectivity index is 1.90. The third-order valence-electron chi connectivity index (χ3n) is 3.42. The van der Waals surface area contributed by atoms with E-state index in [1.807, 2.05) is 30.3 Å². The van der Waals surface area contributed by atoms with E-state index in [0.29, 0.717) is 13.1 Å². The van der Waals surface area contributed by atoms with Gasteiger partial charge in [0, 0.05) is 25.0 Å². The highest BCUT2D eigenvalue weighted by Crippen LogP contribution is 2.26. The van der Waals surface area contributed by atoms with Crippen molar-refractivity contribution in [3.8, 4) is 0 Å². The number of amides is 2. The number of benzene rings is 1. The number of carbonyl (C=O) groups is 2. The quantitative estimate of drug-likeness (QED) is 0.809. The first-order valence-corrected chi connectivity index (χ1v) is 7.67. The molecule has 1 aromatic rings. The standard InChI is InChI=1S/C14H19N3O2S/c15-12-7-17(14(19)9-20-8-13(16)18)6-11(12)10-4-2-1-3-5-10/h1-5,11-12H,6-9,15H2,(H2,16,18)/t11-,12+/m0/s1. The molecule has 5 nitrogen and oxygen atoms in total. The minimum absolute atomic E-state index is 0.0186. The van der Waals surface area contributed by atoms with E-state index in [1.54, 1.807) is 4.90 Å². The van der Waals surface area contributed by atoms with E-state index < -0.39 is 5.91 Å². The number of thioether (sulfide) groups is 1. The van der Waals surface area contributed by atoms with Crippen LogP contribution in [0.25, 0.3) is 0 Å². The molecule has 1 aliphatic heterocycles. The van der Waals surface area contributed by atoms with E-state index in [0.717, 1.165) is 0 Å². The van der Waals surface area contributed by atoms with Crippen molar-refractivity contribution in [2.24, 2.45) is 11.5 Å². The second-order valence-corrected chi connectivity index (χ2v) is 5.92. The highest BCUT2D eigenvalue weighted by atomic mass is 32.2. The second-order valence-electron chi connectivity index (χ2n) is 4.94. The Morgan fingerprint density at radius 2 is 1.90 bits per heavy atom. The van der Waals surface area contributed by atoms with Gasteiger partial charge in [0.05, 0.1) is 11.5 Å². The van der Waals surface area contributed by atoms with Crippen LogP contribution < -0.4 is 11.5 Å². The largest absolute Gasteiger partial charge is 0.369 e. The molecule has 1 fully saturated rings. The van der Waals surface area contributed by atoms with Gasteiger partial charge in [-0.15, -0.1) is 11.8 Å². The van der Waals surface area contributed by atoms with E-state index in [4.69, 9.17) is 11.5 Å². The summed E-state index contributed by atoms with van der Waals surface area (Å²) in [5, 5.41) is 0. The molecule has 1 saturated heterocycles. The van der Waals surface area contributed by atoms with Gasteiger partial charge in [-0.05, 0) is 5.56 Å². The summed E-state index contributed by atoms with van der Waals surface area (Å²) in [5.41, 5.74) is 12.4. The third-order valence-corrected chi connectivity index (χ3v) is 4.36. The molecule has 0 spiro atoms. The Bertz CT molecular complexity index is 481. The van der Waals surface area contributed by atoms with Gasteiger partial charge in [0.1, 0.15) is 0 Å². The summed E-state index contributed by atoms with van der Waals surface area (Å²) in [6, 6.07) is 9.97. The van der Waals surface area contributed by atoms with Crippen molar-refractivity contribution in [2.75, 3.05) is 24.6 Å². The molecule has 0 unspecified atom stereocenters. The number of carbonyl (C=O) groups excluding carboxylic acids is 2. The molecule has 6 heteroatoms. The van der Waals surface area contributed by atoms with Gasteiger partial charge in [0.25, 0.3) is 0 Å². The first kappa shape index (κ1) is 14.9. The van der Waals surface area contributed by atoms with Crippen molar-refractivity contribution < 1.29 is 9.59 Å². The molecule has 0 bridgehead atoms. The summed E-state index contributed by atoms with van der Waals surface area (Å²) in [5.74, 6) is 0.250. The van der Waals surface area contributed by atoms with Crippen LogP contribution in [-0.4, -0.2) is 47.4 Å². The van der Waals surface area contributed by atoms with Gasteiger partial charge in [-0.2, -0.15) is 0 Å². The maximum atomic E-state index is 12.0. The third kappa shape index (κ3) is 3.74. The molecule has 1 aromatic carbocycles. The predicted molar refractivity (Wildman–Crippen MR) is 80.3 cm³/mol. The lowest BCUT2D eigenvalue weighted by Crippen LogP contribution is -2.33. The fraction of sp³-hybridized carbons (Fsp3) is 0.429. The molecular formula is C14H19N3O2S. The number of primary amides is 1. The molecular weight excluding hydrogens is 274 g/mol. The van der Waals surface area contributed by atoms with Crippen LogP contribution in [0.3, 0.4) is 0 Å². The van der Waals surface area contributed by atoms with Crippen molar-refractivity contribution in [3.63, 3.8) is 0 Å². The molecule has 0 aliphatic carbocycles. The molecule has 0 radical (unpaired) electrons. The Morgan fingerprint density at radius 3 is 2.55 bits per heavy atom. The Labute approximate surface area is 122 Å². The van der Waals surface area contributed by atoms with Gasteiger partial charge in [0.2, 0.25) is 11.8 Å². The van der Waals surface area contributed by atoms with Crippen molar-refractivity contribution in [1.29, 1.82) is 0 Å². The average Bonchev–Trinajstić information content (AvgIpc) is 2.81. The zero-order valence-corrected chi connectivity index (χ0v) is 12.0. The van der Waals surface area contributed by atoms with Crippen LogP contribution in [0.2, 0.25) is 0 Å². The van der Waals surface area contributed by atoms with E-state index >= 15 is 0 Å². The van der Waals surface area contributed by atoms with Crippen molar-refractivity contribution >= 4 is 23.6 Å². The molecule has 4 N–H and O–H groups in total. The van der Waals surface area contributed by atoms with Gasteiger partial charge < -0.3 is 16.4 Å². The highest BCUT2D eigenvalue weighted by Gasteiger charge is 2.33. The minimum atomic E-state index is -0.400. The zero-order valence-electron chi connectivity index (χ0n) is 11.2. The number of nitrogens with zero attached hydrogens (tertiary/aromatic N) is 1. The van der Waals surface area contributed by atoms with Crippen LogP contribution in [0.15, 0.2) is 30.3 Å². The van der Waals surface area contributed by atoms with Crippen molar-refractivity contribution in [1.82, 2.24) is 4.90 Å². The summed E-state index contributed by atoms with van der Waals surface area (Å²) in [7, 11) is 0. The summed E-state index contributed by atoms with van der Waals surface area (Å²) in [4.78, 5) is 24.5. The molecule has 0 aromatic heterocycles. The first-order valence-electron chi connectivity index (χ1n) is 6.52. The Hall–Kier alpha value is -1.53. The minimum Gasteiger partial charge on any atom is -0.369 e. The van der Waals surface area contributed by atoms with Crippen LogP contribution in [0, 0.1) is 0 Å². The molecule has 0 saturated carbocycles. The summed E-state index contributed by atoms with van der Waals surface area (Å²) < 4.78 is 0. The highest BCUT2D eigenvalue weighted by molar-refractivity contribution is 8.00. The van der Waals surface area contributed by atoms with Crippen LogP contribution in [-0.2, 0) is 9.59 Å². The monoisotopic (exact) mass is 293 g/mol. The normalized spacial score (nSPS) is 21.9. The van der Waals surface area contributed by atoms with Gasteiger partial charge in [-0.25, -0.2) is 0 Å². The van der Waals surface area contributed by atoms with Crippen LogP contribution >= 0.6 is 11.8 Å². The van der Waals surface area contributed by atoms with Crippen LogP contribution in [0.1, 0.15) is 11.5 Å². The van der Waals surface area contributed by atoms with Gasteiger partial charge in [0.15, 0.2) is 0 Å². The number of hydrogen-bond donors (Lipinski definition) is 2. The topological polar surface area (TPSA) is 89.4 Å². The predicted octanol–water partition coefficient (Wildman–Crippen LogP) is 0.158. The smallest absolute Gasteiger partial charge is 0.232 e. The van der Waals surface area contributed by atoms with Gasteiger partial charge in [-0.1, -0.05) is 30.3 Å². The number of likely N-dealkylation sites (tertiary alicyclic amines) is 1. The van der Waals surface area contributed by atoms with E-state index in [1.165, 1.54) is 17.3 Å². The Kier molecular flexibility index (Phi) is 5.03. The van der Waals surface area contributed by atoms with Gasteiger partial charge in [-0.3, -0.25) is 9.59 Å². The van der Waals surface area contributed by atoms with Crippen molar-refractivity contribution in [3.05, 3.63) is 35.9 Å². The summed E-state index contributed by atoms with van der Waals surface area (Å²) in [6.07, 6.45) is 0. The number of nitrogens with two attached hydrogens (primary N) is 2. The molecule has 1 aliphatic rings. The fourth-order valence-corrected chi connectivity index (χ4v) is 3.08. The lowest BCUT2D eigenvalue weighted by atomic mass is 9.95. The number of rotatable bonds is 5. The van der Waals surface area contributed by atoms with E-state index in [-0.39, 0.29) is 29.4 Å². The molecule has 2 rings (SSSR count). The van der Waals surface area contributed by atoms with Crippen LogP contribution in [0.5, 0.6) is 0 Å². The molecule has 108 valence electrons. The lowest BCUT2D eigenvalue weighted by Gasteiger charge is -2.16. The van der Waals surface area contributed by atoms with Gasteiger partial charge >= 0.3 is 0 Å². The maximum Gasteiger partial charge on any atom is 0.232 e. The van der Waals surface area contributed by atoms with Crippen LogP contribution in [0.4, 0.5) is 0 Å². The molecule has 2 amide bonds. The Morgan fingerprint density at radius 1 is 1.20 bits per heavy atom. The van der Waals surface area contributed by atoms with E-state index in [9.17, 15) is 9.59 Å². The summed E-state index contributed by atoms with van der Waals surface area (Å²) >= 11 is 1.25. The second kappa shape index (κ2) is 6.76. The summed E-state index contributed by atoms with van der Waals surface area (Å²) in [6.45, 7) is 1.21. The fourth-order valence-electron chi connectivity index (χ4n) is 2.42. The zero-order chi connectivity index (χ0) is 14.5. The molecule has 20 heavy (non-hydrogen) atoms. The first-order chi connectivity index (χ1) is 9.58.